The fourth-order valence-corrected chi connectivity index (χ4v) is 7.44. The normalized spacial score (nSPS) is 15.1. The second kappa shape index (κ2) is 22.3. The number of nitrogens with two attached hydrogens (primary N) is 2. The number of hydrogen-bond donors (Lipinski definition) is 4. The molecule has 1 aliphatic rings. The van der Waals surface area contributed by atoms with Gasteiger partial charge in [0.1, 0.15) is 0 Å². The van der Waals surface area contributed by atoms with Crippen molar-refractivity contribution >= 4 is 35.0 Å². The Labute approximate surface area is 332 Å². The van der Waals surface area contributed by atoms with Crippen molar-refractivity contribution in [2.24, 2.45) is 11.5 Å². The molecule has 56 heavy (non-hydrogen) atoms. The fraction of sp³-hybridized carbons (Fsp3) is 0.391. The second-order valence-corrected chi connectivity index (χ2v) is 14.5. The van der Waals surface area contributed by atoms with Gasteiger partial charge in [0.2, 0.25) is 0 Å². The number of carbonyl (C=O) groups is 4. The summed E-state index contributed by atoms with van der Waals surface area (Å²) in [5.41, 5.74) is 14.4. The first-order valence-electron chi connectivity index (χ1n) is 20.4. The molecule has 4 aromatic rings. The third-order valence-corrected chi connectivity index (χ3v) is 10.5. The van der Waals surface area contributed by atoms with Crippen LogP contribution < -0.4 is 31.9 Å². The second-order valence-electron chi connectivity index (χ2n) is 14.5. The number of para-hydroxylation sites is 2. The summed E-state index contributed by atoms with van der Waals surface area (Å²) < 4.78 is 0. The number of nitrogens with zero attached hydrogens (tertiary/aromatic N) is 2. The minimum atomic E-state index is -0.334. The molecule has 5 rings (SSSR count). The molecule has 0 aliphatic heterocycles. The number of amides is 4. The van der Waals surface area contributed by atoms with Gasteiger partial charge in [0, 0.05) is 36.3 Å². The van der Waals surface area contributed by atoms with Gasteiger partial charge < -0.3 is 31.9 Å². The molecule has 1 unspecified atom stereocenters. The number of hydrogen-bond acceptors (Lipinski definition) is 6. The van der Waals surface area contributed by atoms with Crippen LogP contribution in [0.3, 0.4) is 0 Å². The molecule has 1 saturated carbocycles. The summed E-state index contributed by atoms with van der Waals surface area (Å²) in [4.78, 5) is 59.7. The molecule has 0 aromatic heterocycles. The van der Waals surface area contributed by atoms with Crippen LogP contribution >= 0.6 is 0 Å². The first-order chi connectivity index (χ1) is 27.4. The standard InChI is InChI=1S/C46H58N6O4/c47-31-17-1-3-19-33-51(45(55)35-21-7-5-8-22-35)41-29-15-11-25-37(41)43(53)49-39-27-13-14-28-40(39)50-44(54)38-26-12-16-30-42(38)52(34-20-4-2-18-32-48)46(56)36-23-9-6-10-24-36/h5-12,15-16,21-26,29-30,39-40H,1-4,13-14,17-20,27-28,31-34,47-48H2,(H,49,53)(H,50,54)/t39-,40?/m1/s1. The SMILES string of the molecule is NCCCCCCN(C(=O)c1ccccc1)c1ccccc1C(=O)NC1CCCC[C@H]1NC(=O)c1ccccc1N(CCCCCCN)C(=O)c1ccccc1. The highest BCUT2D eigenvalue weighted by Gasteiger charge is 2.31. The van der Waals surface area contributed by atoms with Crippen molar-refractivity contribution in [1.82, 2.24) is 10.6 Å². The van der Waals surface area contributed by atoms with Crippen LogP contribution in [0.2, 0.25) is 0 Å². The molecule has 10 nitrogen and oxygen atoms in total. The first-order valence-corrected chi connectivity index (χ1v) is 20.4. The quantitative estimate of drug-likeness (QED) is 0.0686. The van der Waals surface area contributed by atoms with E-state index < -0.39 is 0 Å². The third kappa shape index (κ3) is 11.6. The van der Waals surface area contributed by atoms with Gasteiger partial charge in [-0.1, -0.05) is 99.2 Å². The lowest BCUT2D eigenvalue weighted by molar-refractivity contribution is 0.0862. The number of unbranched alkanes of at least 4 members (excludes halogenated alkanes) is 6. The summed E-state index contributed by atoms with van der Waals surface area (Å²) in [7, 11) is 0. The molecule has 1 fully saturated rings. The zero-order valence-corrected chi connectivity index (χ0v) is 32.5. The Balaban J connectivity index is 1.35. The Hall–Kier alpha value is -5.32. The monoisotopic (exact) mass is 758 g/mol. The summed E-state index contributed by atoms with van der Waals surface area (Å²) in [6, 6.07) is 32.1. The topological polar surface area (TPSA) is 151 Å². The molecular weight excluding hydrogens is 701 g/mol. The predicted octanol–water partition coefficient (Wildman–Crippen LogP) is 7.49. The average Bonchev–Trinajstić information content (AvgIpc) is 3.24. The van der Waals surface area contributed by atoms with Crippen molar-refractivity contribution in [2.75, 3.05) is 36.0 Å². The first kappa shape index (κ1) is 41.8. The average molecular weight is 759 g/mol. The van der Waals surface area contributed by atoms with E-state index in [2.05, 4.69) is 10.6 Å². The van der Waals surface area contributed by atoms with Gasteiger partial charge in [-0.3, -0.25) is 19.2 Å². The maximum absolute atomic E-state index is 14.2. The van der Waals surface area contributed by atoms with Gasteiger partial charge in [0.15, 0.2) is 0 Å². The number of carbonyl (C=O) groups excluding carboxylic acids is 4. The lowest BCUT2D eigenvalue weighted by atomic mass is 9.89. The van der Waals surface area contributed by atoms with Crippen molar-refractivity contribution < 1.29 is 19.2 Å². The van der Waals surface area contributed by atoms with Crippen molar-refractivity contribution in [3.05, 3.63) is 131 Å². The highest BCUT2D eigenvalue weighted by molar-refractivity contribution is 6.11. The Kier molecular flexibility index (Phi) is 16.6. The zero-order valence-electron chi connectivity index (χ0n) is 32.5. The largest absolute Gasteiger partial charge is 0.347 e. The van der Waals surface area contributed by atoms with Gasteiger partial charge in [-0.05, 0) is 100 Å². The van der Waals surface area contributed by atoms with Crippen molar-refractivity contribution in [3.63, 3.8) is 0 Å². The molecule has 0 spiro atoms. The smallest absolute Gasteiger partial charge is 0.258 e. The Bertz CT molecular complexity index is 1720. The Morgan fingerprint density at radius 3 is 1.23 bits per heavy atom. The van der Waals surface area contributed by atoms with Crippen LogP contribution in [0.1, 0.15) is 118 Å². The molecule has 0 heterocycles. The molecule has 2 atom stereocenters. The van der Waals surface area contributed by atoms with Crippen molar-refractivity contribution in [2.45, 2.75) is 89.1 Å². The van der Waals surface area contributed by atoms with Gasteiger partial charge in [-0.25, -0.2) is 0 Å². The molecule has 4 aromatic carbocycles. The summed E-state index contributed by atoms with van der Waals surface area (Å²) in [6.45, 7) is 2.18. The van der Waals surface area contributed by atoms with E-state index in [-0.39, 0.29) is 35.7 Å². The molecule has 0 bridgehead atoms. The van der Waals surface area contributed by atoms with Crippen molar-refractivity contribution in [3.8, 4) is 0 Å². The van der Waals surface area contributed by atoms with E-state index in [1.165, 1.54) is 0 Å². The van der Waals surface area contributed by atoms with Gasteiger partial charge in [-0.2, -0.15) is 0 Å². The van der Waals surface area contributed by atoms with Crippen LogP contribution in [0.5, 0.6) is 0 Å². The van der Waals surface area contributed by atoms with Crippen LogP contribution in [0, 0.1) is 0 Å². The van der Waals surface area contributed by atoms with E-state index in [4.69, 9.17) is 11.5 Å². The van der Waals surface area contributed by atoms with Crippen LogP contribution in [0.4, 0.5) is 11.4 Å². The van der Waals surface area contributed by atoms with Crippen LogP contribution in [0.25, 0.3) is 0 Å². The highest BCUT2D eigenvalue weighted by atomic mass is 16.2. The summed E-state index contributed by atoms with van der Waals surface area (Å²) in [5, 5.41) is 6.49. The zero-order chi connectivity index (χ0) is 39.5. The number of benzene rings is 4. The minimum absolute atomic E-state index is 0.165. The number of rotatable bonds is 20. The fourth-order valence-electron chi connectivity index (χ4n) is 7.44. The predicted molar refractivity (Wildman–Crippen MR) is 225 cm³/mol. The van der Waals surface area contributed by atoms with E-state index in [0.29, 0.717) is 72.6 Å². The number of anilines is 2. The van der Waals surface area contributed by atoms with Gasteiger partial charge in [0.25, 0.3) is 23.6 Å². The van der Waals surface area contributed by atoms with E-state index in [0.717, 1.165) is 64.2 Å². The van der Waals surface area contributed by atoms with Gasteiger partial charge in [0.05, 0.1) is 22.5 Å². The Morgan fingerprint density at radius 1 is 0.482 bits per heavy atom. The summed E-state index contributed by atoms with van der Waals surface area (Å²) in [6.07, 6.45) is 10.4. The van der Waals surface area contributed by atoms with Gasteiger partial charge in [-0.15, -0.1) is 0 Å². The lowest BCUT2D eigenvalue weighted by Crippen LogP contribution is -2.53. The molecule has 296 valence electrons. The molecule has 6 N–H and O–H groups in total. The van der Waals surface area contributed by atoms with E-state index >= 15 is 0 Å². The van der Waals surface area contributed by atoms with Crippen LogP contribution in [0.15, 0.2) is 109 Å². The minimum Gasteiger partial charge on any atom is -0.347 e. The van der Waals surface area contributed by atoms with Crippen LogP contribution in [-0.2, 0) is 0 Å². The van der Waals surface area contributed by atoms with Crippen LogP contribution in [-0.4, -0.2) is 61.9 Å². The molecular formula is C46H58N6O4. The summed E-state index contributed by atoms with van der Waals surface area (Å²) >= 11 is 0. The maximum atomic E-state index is 14.2. The van der Waals surface area contributed by atoms with E-state index in [1.807, 2.05) is 72.8 Å². The third-order valence-electron chi connectivity index (χ3n) is 10.5. The molecule has 1 aliphatic carbocycles. The molecule has 0 radical (unpaired) electrons. The Morgan fingerprint density at radius 2 is 0.839 bits per heavy atom. The molecule has 0 saturated heterocycles. The van der Waals surface area contributed by atoms with E-state index in [9.17, 15) is 19.2 Å². The number of nitrogens with one attached hydrogen (secondary N) is 2. The molecule has 10 heteroatoms. The summed E-state index contributed by atoms with van der Waals surface area (Å²) in [5.74, 6) is -0.922. The maximum Gasteiger partial charge on any atom is 0.258 e. The van der Waals surface area contributed by atoms with Gasteiger partial charge >= 0.3 is 0 Å². The van der Waals surface area contributed by atoms with Crippen molar-refractivity contribution in [1.29, 1.82) is 0 Å². The lowest BCUT2D eigenvalue weighted by Gasteiger charge is -2.34. The highest BCUT2D eigenvalue weighted by Crippen LogP contribution is 2.28. The van der Waals surface area contributed by atoms with E-state index in [1.54, 1.807) is 46.2 Å². The molecule has 4 amide bonds.